The van der Waals surface area contributed by atoms with E-state index >= 15 is 0 Å². The van der Waals surface area contributed by atoms with Crippen molar-refractivity contribution in [3.05, 3.63) is 60.1 Å². The Morgan fingerprint density at radius 1 is 1.13 bits per heavy atom. The molecule has 0 atom stereocenters. The van der Waals surface area contributed by atoms with Gasteiger partial charge in [0.2, 0.25) is 0 Å². The Labute approximate surface area is 181 Å². The van der Waals surface area contributed by atoms with Gasteiger partial charge in [0, 0.05) is 30.8 Å². The van der Waals surface area contributed by atoms with Gasteiger partial charge in [-0.15, -0.1) is 0 Å². The Hall–Kier alpha value is -2.80. The summed E-state index contributed by atoms with van der Waals surface area (Å²) in [5.74, 6) is 2.44. The number of hydrogen-bond donors (Lipinski definition) is 1. The lowest BCUT2D eigenvalue weighted by Crippen LogP contribution is -2.24. The van der Waals surface area contributed by atoms with Crippen molar-refractivity contribution in [1.29, 1.82) is 0 Å². The Morgan fingerprint density at radius 2 is 1.90 bits per heavy atom. The molecular formula is C23H26N4O2S. The fourth-order valence-electron chi connectivity index (χ4n) is 3.14. The van der Waals surface area contributed by atoms with Crippen LogP contribution in [-0.4, -0.2) is 35.0 Å². The van der Waals surface area contributed by atoms with Gasteiger partial charge in [-0.2, -0.15) is 0 Å². The van der Waals surface area contributed by atoms with E-state index in [1.807, 2.05) is 30.3 Å². The second kappa shape index (κ2) is 9.34. The normalized spacial score (nSPS) is 13.3. The second-order valence-electron chi connectivity index (χ2n) is 7.23. The SMILES string of the molecule is CCN(CC)c1cc(-c2ccccc2)nc(SCc2ccc(C(=O)NC3CC3)o2)n1. The van der Waals surface area contributed by atoms with Crippen LogP contribution in [0.25, 0.3) is 11.3 Å². The van der Waals surface area contributed by atoms with Crippen molar-refractivity contribution in [2.75, 3.05) is 18.0 Å². The van der Waals surface area contributed by atoms with Crippen molar-refractivity contribution >= 4 is 23.5 Å². The molecule has 7 heteroatoms. The van der Waals surface area contributed by atoms with Gasteiger partial charge in [0.05, 0.1) is 11.4 Å². The number of carbonyl (C=O) groups excluding carboxylic acids is 1. The molecule has 1 aromatic carbocycles. The van der Waals surface area contributed by atoms with Crippen LogP contribution in [0.1, 0.15) is 43.0 Å². The Kier molecular flexibility index (Phi) is 6.38. The van der Waals surface area contributed by atoms with E-state index in [0.29, 0.717) is 22.7 Å². The van der Waals surface area contributed by atoms with Crippen LogP contribution >= 0.6 is 11.8 Å². The van der Waals surface area contributed by atoms with Crippen LogP contribution < -0.4 is 10.2 Å². The summed E-state index contributed by atoms with van der Waals surface area (Å²) in [4.78, 5) is 23.9. The average Bonchev–Trinajstić information content (AvgIpc) is 3.46. The van der Waals surface area contributed by atoms with E-state index in [1.54, 1.807) is 6.07 Å². The van der Waals surface area contributed by atoms with Gasteiger partial charge in [0.25, 0.3) is 5.91 Å². The zero-order chi connectivity index (χ0) is 20.9. The lowest BCUT2D eigenvalue weighted by Gasteiger charge is -2.20. The van der Waals surface area contributed by atoms with Gasteiger partial charge in [-0.3, -0.25) is 4.79 Å². The number of anilines is 1. The summed E-state index contributed by atoms with van der Waals surface area (Å²) in [7, 11) is 0. The zero-order valence-electron chi connectivity index (χ0n) is 17.3. The largest absolute Gasteiger partial charge is 0.455 e. The van der Waals surface area contributed by atoms with E-state index in [2.05, 4.69) is 36.2 Å². The number of hydrogen-bond acceptors (Lipinski definition) is 6. The minimum absolute atomic E-state index is 0.139. The van der Waals surface area contributed by atoms with E-state index in [4.69, 9.17) is 14.4 Å². The molecule has 156 valence electrons. The topological polar surface area (TPSA) is 71.3 Å². The maximum absolute atomic E-state index is 12.1. The number of nitrogens with one attached hydrogen (secondary N) is 1. The molecule has 0 spiro atoms. The third-order valence-corrected chi connectivity index (χ3v) is 5.86. The van der Waals surface area contributed by atoms with Crippen molar-refractivity contribution in [3.8, 4) is 11.3 Å². The van der Waals surface area contributed by atoms with Crippen LogP contribution in [0.3, 0.4) is 0 Å². The number of carbonyl (C=O) groups is 1. The molecule has 6 nitrogen and oxygen atoms in total. The summed E-state index contributed by atoms with van der Waals surface area (Å²) >= 11 is 1.51. The molecule has 1 saturated carbocycles. The minimum atomic E-state index is -0.139. The lowest BCUT2D eigenvalue weighted by atomic mass is 10.1. The first kappa shape index (κ1) is 20.5. The first-order valence-electron chi connectivity index (χ1n) is 10.4. The lowest BCUT2D eigenvalue weighted by molar-refractivity contribution is 0.0922. The quantitative estimate of drug-likeness (QED) is 0.396. The maximum Gasteiger partial charge on any atom is 0.287 e. The molecule has 2 aromatic heterocycles. The molecule has 1 aliphatic carbocycles. The molecule has 0 unspecified atom stereocenters. The molecule has 30 heavy (non-hydrogen) atoms. The molecule has 0 radical (unpaired) electrons. The molecule has 1 amide bonds. The first-order chi connectivity index (χ1) is 14.7. The summed E-state index contributed by atoms with van der Waals surface area (Å²) in [6.07, 6.45) is 2.11. The number of rotatable bonds is 9. The van der Waals surface area contributed by atoms with Gasteiger partial charge in [-0.1, -0.05) is 42.1 Å². The van der Waals surface area contributed by atoms with E-state index in [0.717, 1.165) is 48.8 Å². The summed E-state index contributed by atoms with van der Waals surface area (Å²) < 4.78 is 5.73. The maximum atomic E-state index is 12.1. The smallest absolute Gasteiger partial charge is 0.287 e. The van der Waals surface area contributed by atoms with Crippen molar-refractivity contribution in [2.45, 2.75) is 43.6 Å². The number of nitrogens with zero attached hydrogens (tertiary/aromatic N) is 3. The molecule has 2 heterocycles. The fraction of sp³-hybridized carbons (Fsp3) is 0.348. The highest BCUT2D eigenvalue weighted by atomic mass is 32.2. The third kappa shape index (κ3) is 5.02. The van der Waals surface area contributed by atoms with Crippen LogP contribution in [0, 0.1) is 0 Å². The zero-order valence-corrected chi connectivity index (χ0v) is 18.1. The summed E-state index contributed by atoms with van der Waals surface area (Å²) in [5, 5.41) is 3.64. The van der Waals surface area contributed by atoms with Crippen molar-refractivity contribution < 1.29 is 9.21 Å². The van der Waals surface area contributed by atoms with E-state index in [1.165, 1.54) is 11.8 Å². The molecule has 4 rings (SSSR count). The minimum Gasteiger partial charge on any atom is -0.455 e. The summed E-state index contributed by atoms with van der Waals surface area (Å²) in [6, 6.07) is 16.1. The molecule has 3 aromatic rings. The molecule has 0 aliphatic heterocycles. The van der Waals surface area contributed by atoms with E-state index in [-0.39, 0.29) is 5.91 Å². The number of amides is 1. The van der Waals surface area contributed by atoms with Gasteiger partial charge in [-0.05, 0) is 38.8 Å². The van der Waals surface area contributed by atoms with Crippen LogP contribution in [-0.2, 0) is 5.75 Å². The third-order valence-electron chi connectivity index (χ3n) is 4.99. The Morgan fingerprint density at radius 3 is 2.60 bits per heavy atom. The highest BCUT2D eigenvalue weighted by molar-refractivity contribution is 7.98. The van der Waals surface area contributed by atoms with E-state index < -0.39 is 0 Å². The predicted molar refractivity (Wildman–Crippen MR) is 120 cm³/mol. The summed E-state index contributed by atoms with van der Waals surface area (Å²) in [5.41, 5.74) is 1.96. The van der Waals surface area contributed by atoms with Gasteiger partial charge >= 0.3 is 0 Å². The monoisotopic (exact) mass is 422 g/mol. The van der Waals surface area contributed by atoms with Gasteiger partial charge in [0.1, 0.15) is 11.6 Å². The van der Waals surface area contributed by atoms with Crippen LogP contribution in [0.4, 0.5) is 5.82 Å². The van der Waals surface area contributed by atoms with Crippen LogP contribution in [0.15, 0.2) is 58.1 Å². The number of thioether (sulfide) groups is 1. The molecule has 1 N–H and O–H groups in total. The fourth-order valence-corrected chi connectivity index (χ4v) is 3.89. The average molecular weight is 423 g/mol. The van der Waals surface area contributed by atoms with Gasteiger partial charge < -0.3 is 14.6 Å². The van der Waals surface area contributed by atoms with Crippen LogP contribution in [0.2, 0.25) is 0 Å². The van der Waals surface area contributed by atoms with Crippen molar-refractivity contribution in [3.63, 3.8) is 0 Å². The first-order valence-corrected chi connectivity index (χ1v) is 11.4. The van der Waals surface area contributed by atoms with Gasteiger partial charge in [0.15, 0.2) is 10.9 Å². The van der Waals surface area contributed by atoms with Crippen LogP contribution in [0.5, 0.6) is 0 Å². The van der Waals surface area contributed by atoms with E-state index in [9.17, 15) is 4.79 Å². The Bertz CT molecular complexity index is 997. The summed E-state index contributed by atoms with van der Waals surface area (Å²) in [6.45, 7) is 6.00. The molecule has 1 fully saturated rings. The molecule has 0 bridgehead atoms. The molecule has 0 saturated heterocycles. The number of furan rings is 1. The molecule has 1 aliphatic rings. The molecular weight excluding hydrogens is 396 g/mol. The number of aromatic nitrogens is 2. The van der Waals surface area contributed by atoms with Gasteiger partial charge in [-0.25, -0.2) is 9.97 Å². The highest BCUT2D eigenvalue weighted by Crippen LogP contribution is 2.28. The second-order valence-corrected chi connectivity index (χ2v) is 8.18. The highest BCUT2D eigenvalue weighted by Gasteiger charge is 2.25. The standard InChI is InChI=1S/C23H26N4O2S/c1-3-27(4-2)21-14-19(16-8-6-5-7-9-16)25-23(26-21)30-15-18-12-13-20(29-18)22(28)24-17-10-11-17/h5-9,12-14,17H,3-4,10-11,15H2,1-2H3,(H,24,28). The van der Waals surface area contributed by atoms with Crippen molar-refractivity contribution in [2.24, 2.45) is 0 Å². The predicted octanol–water partition coefficient (Wildman–Crippen LogP) is 4.77. The Balaban J connectivity index is 1.52. The number of benzene rings is 1. The van der Waals surface area contributed by atoms with Crippen molar-refractivity contribution in [1.82, 2.24) is 15.3 Å².